The molecule has 0 aliphatic heterocycles. The van der Waals surface area contributed by atoms with Crippen molar-refractivity contribution in [3.8, 4) is 0 Å². The van der Waals surface area contributed by atoms with Crippen LogP contribution in [0.15, 0.2) is 18.5 Å². The Bertz CT molecular complexity index is 499. The maximum absolute atomic E-state index is 4.46. The first kappa shape index (κ1) is 12.1. The largest absolute Gasteiger partial charge is 0.331 e. The van der Waals surface area contributed by atoms with Gasteiger partial charge >= 0.3 is 0 Å². The van der Waals surface area contributed by atoms with Crippen molar-refractivity contribution in [2.75, 3.05) is 13.1 Å². The lowest BCUT2D eigenvalue weighted by atomic mass is 10.1. The van der Waals surface area contributed by atoms with Crippen LogP contribution in [0.3, 0.4) is 0 Å². The first-order valence-electron chi connectivity index (χ1n) is 6.35. The summed E-state index contributed by atoms with van der Waals surface area (Å²) in [4.78, 5) is 4.46. The average Bonchev–Trinajstić information content (AvgIpc) is 2.68. The minimum atomic E-state index is 1.03. The summed E-state index contributed by atoms with van der Waals surface area (Å²) in [5.41, 5.74) is 5.02. The number of benzene rings is 1. The Hall–Kier alpha value is -1.35. The first-order valence-corrected chi connectivity index (χ1v) is 6.35. The third-order valence-electron chi connectivity index (χ3n) is 3.24. The van der Waals surface area contributed by atoms with E-state index in [4.69, 9.17) is 0 Å². The number of aromatic nitrogens is 2. The number of hydrogen-bond donors (Lipinski definition) is 1. The summed E-state index contributed by atoms with van der Waals surface area (Å²) in [6.45, 7) is 9.58. The number of nitrogens with one attached hydrogen (secondary N) is 1. The molecule has 0 saturated heterocycles. The maximum Gasteiger partial charge on any atom is 0.0958 e. The van der Waals surface area contributed by atoms with Gasteiger partial charge in [-0.1, -0.05) is 6.92 Å². The molecule has 2 rings (SSSR count). The minimum Gasteiger partial charge on any atom is -0.331 e. The summed E-state index contributed by atoms with van der Waals surface area (Å²) in [5.74, 6) is 0. The molecule has 0 unspecified atom stereocenters. The van der Waals surface area contributed by atoms with Gasteiger partial charge < -0.3 is 9.88 Å². The molecule has 0 aliphatic carbocycles. The Morgan fingerprint density at radius 2 is 2.00 bits per heavy atom. The zero-order valence-electron chi connectivity index (χ0n) is 11.0. The smallest absolute Gasteiger partial charge is 0.0958 e. The van der Waals surface area contributed by atoms with E-state index in [2.05, 4.69) is 47.8 Å². The van der Waals surface area contributed by atoms with Gasteiger partial charge in [0.25, 0.3) is 0 Å². The fourth-order valence-corrected chi connectivity index (χ4v) is 2.04. The third-order valence-corrected chi connectivity index (χ3v) is 3.24. The molecule has 0 spiro atoms. The highest BCUT2D eigenvalue weighted by Crippen LogP contribution is 2.18. The van der Waals surface area contributed by atoms with Crippen LogP contribution in [0.25, 0.3) is 11.0 Å². The molecule has 92 valence electrons. The average molecular weight is 231 g/mol. The van der Waals surface area contributed by atoms with Crippen molar-refractivity contribution < 1.29 is 0 Å². The molecule has 1 heterocycles. The molecule has 2 aromatic rings. The molecule has 0 radical (unpaired) electrons. The lowest BCUT2D eigenvalue weighted by Gasteiger charge is -2.06. The van der Waals surface area contributed by atoms with Crippen LogP contribution in [0.1, 0.15) is 24.5 Å². The Morgan fingerprint density at radius 1 is 1.24 bits per heavy atom. The molecular weight excluding hydrogens is 210 g/mol. The molecule has 0 atom stereocenters. The van der Waals surface area contributed by atoms with Crippen molar-refractivity contribution in [2.45, 2.75) is 33.7 Å². The lowest BCUT2D eigenvalue weighted by molar-refractivity contribution is 0.601. The number of imidazole rings is 1. The molecule has 1 N–H and O–H groups in total. The highest BCUT2D eigenvalue weighted by molar-refractivity contribution is 5.77. The normalized spacial score (nSPS) is 11.2. The van der Waals surface area contributed by atoms with Gasteiger partial charge in [0.05, 0.1) is 17.4 Å². The molecule has 3 heteroatoms. The Morgan fingerprint density at radius 3 is 2.76 bits per heavy atom. The summed E-state index contributed by atoms with van der Waals surface area (Å²) >= 11 is 0. The van der Waals surface area contributed by atoms with Gasteiger partial charge in [-0.05, 0) is 56.6 Å². The van der Waals surface area contributed by atoms with Crippen LogP contribution in [0.2, 0.25) is 0 Å². The van der Waals surface area contributed by atoms with Crippen LogP contribution >= 0.6 is 0 Å². The summed E-state index contributed by atoms with van der Waals surface area (Å²) in [6, 6.07) is 4.41. The van der Waals surface area contributed by atoms with Crippen LogP contribution in [-0.2, 0) is 6.54 Å². The summed E-state index contributed by atoms with van der Waals surface area (Å²) < 4.78 is 2.25. The van der Waals surface area contributed by atoms with Gasteiger partial charge in [-0.2, -0.15) is 0 Å². The van der Waals surface area contributed by atoms with Crippen LogP contribution in [-0.4, -0.2) is 22.6 Å². The first-order chi connectivity index (χ1) is 8.22. The van der Waals surface area contributed by atoms with E-state index in [1.165, 1.54) is 16.6 Å². The second kappa shape index (κ2) is 5.32. The van der Waals surface area contributed by atoms with Gasteiger partial charge in [0.2, 0.25) is 0 Å². The molecule has 3 nitrogen and oxygen atoms in total. The van der Waals surface area contributed by atoms with E-state index in [1.807, 2.05) is 6.33 Å². The number of aryl methyl sites for hydroxylation is 3. The van der Waals surface area contributed by atoms with E-state index >= 15 is 0 Å². The summed E-state index contributed by atoms with van der Waals surface area (Å²) in [7, 11) is 0. The topological polar surface area (TPSA) is 29.9 Å². The van der Waals surface area contributed by atoms with Crippen LogP contribution in [0.4, 0.5) is 0 Å². The van der Waals surface area contributed by atoms with Gasteiger partial charge in [-0.25, -0.2) is 4.98 Å². The SMILES string of the molecule is CCNCCCn1cnc2cc(C)c(C)cc21. The number of fused-ring (bicyclic) bond motifs is 1. The standard InChI is InChI=1S/C14H21N3/c1-4-15-6-5-7-17-10-16-13-8-11(2)12(3)9-14(13)17/h8-10,15H,4-7H2,1-3H3. The Kier molecular flexibility index (Phi) is 3.79. The van der Waals surface area contributed by atoms with Crippen molar-refractivity contribution >= 4 is 11.0 Å². The van der Waals surface area contributed by atoms with E-state index in [1.54, 1.807) is 0 Å². The zero-order valence-corrected chi connectivity index (χ0v) is 11.0. The molecule has 17 heavy (non-hydrogen) atoms. The molecule has 0 bridgehead atoms. The number of hydrogen-bond acceptors (Lipinski definition) is 2. The van der Waals surface area contributed by atoms with Crippen molar-refractivity contribution in [3.63, 3.8) is 0 Å². The van der Waals surface area contributed by atoms with Gasteiger partial charge in [0, 0.05) is 6.54 Å². The fourth-order valence-electron chi connectivity index (χ4n) is 2.04. The molecule has 1 aromatic heterocycles. The maximum atomic E-state index is 4.46. The van der Waals surface area contributed by atoms with E-state index in [9.17, 15) is 0 Å². The van der Waals surface area contributed by atoms with E-state index in [0.717, 1.165) is 31.6 Å². The van der Waals surface area contributed by atoms with E-state index < -0.39 is 0 Å². The molecular formula is C14H21N3. The second-order valence-corrected chi connectivity index (χ2v) is 4.57. The van der Waals surface area contributed by atoms with Crippen molar-refractivity contribution in [1.29, 1.82) is 0 Å². The highest BCUT2D eigenvalue weighted by Gasteiger charge is 2.04. The summed E-state index contributed by atoms with van der Waals surface area (Å²) in [6.07, 6.45) is 3.10. The molecule has 1 aromatic carbocycles. The van der Waals surface area contributed by atoms with Crippen LogP contribution in [0.5, 0.6) is 0 Å². The lowest BCUT2D eigenvalue weighted by Crippen LogP contribution is -2.15. The monoisotopic (exact) mass is 231 g/mol. The predicted molar refractivity (Wildman–Crippen MR) is 72.4 cm³/mol. The number of rotatable bonds is 5. The quantitative estimate of drug-likeness (QED) is 0.802. The molecule has 0 saturated carbocycles. The van der Waals surface area contributed by atoms with E-state index in [-0.39, 0.29) is 0 Å². The van der Waals surface area contributed by atoms with Crippen molar-refractivity contribution in [2.24, 2.45) is 0 Å². The Balaban J connectivity index is 2.15. The number of nitrogens with zero attached hydrogens (tertiary/aromatic N) is 2. The van der Waals surface area contributed by atoms with Gasteiger partial charge in [0.15, 0.2) is 0 Å². The third kappa shape index (κ3) is 2.67. The van der Waals surface area contributed by atoms with E-state index in [0.29, 0.717) is 0 Å². The molecule has 0 fully saturated rings. The van der Waals surface area contributed by atoms with Crippen molar-refractivity contribution in [1.82, 2.24) is 14.9 Å². The minimum absolute atomic E-state index is 1.03. The molecule has 0 amide bonds. The second-order valence-electron chi connectivity index (χ2n) is 4.57. The zero-order chi connectivity index (χ0) is 12.3. The van der Waals surface area contributed by atoms with Crippen molar-refractivity contribution in [3.05, 3.63) is 29.6 Å². The highest BCUT2D eigenvalue weighted by atomic mass is 15.0. The predicted octanol–water partition coefficient (Wildman–Crippen LogP) is 2.65. The van der Waals surface area contributed by atoms with Gasteiger partial charge in [-0.3, -0.25) is 0 Å². The Labute approximate surface area is 103 Å². The van der Waals surface area contributed by atoms with Gasteiger partial charge in [-0.15, -0.1) is 0 Å². The molecule has 0 aliphatic rings. The van der Waals surface area contributed by atoms with Gasteiger partial charge in [0.1, 0.15) is 0 Å². The fraction of sp³-hybridized carbons (Fsp3) is 0.500. The van der Waals surface area contributed by atoms with Crippen LogP contribution in [0, 0.1) is 13.8 Å². The van der Waals surface area contributed by atoms with Crippen LogP contribution < -0.4 is 5.32 Å². The summed E-state index contributed by atoms with van der Waals surface area (Å²) in [5, 5.41) is 3.35.